The zero-order chi connectivity index (χ0) is 32.8. The van der Waals surface area contributed by atoms with Crippen LogP contribution in [0.15, 0.2) is 171 Å². The lowest BCUT2D eigenvalue weighted by Gasteiger charge is -2.26. The van der Waals surface area contributed by atoms with Crippen LogP contribution >= 0.6 is 0 Å². The van der Waals surface area contributed by atoms with Crippen LogP contribution in [0, 0.1) is 0 Å². The van der Waals surface area contributed by atoms with Crippen molar-refractivity contribution < 1.29 is 13.3 Å². The van der Waals surface area contributed by atoms with Crippen LogP contribution in [0.5, 0.6) is 0 Å². The Kier molecular flexibility index (Phi) is 5.60. The molecular weight excluding hydrogens is 617 g/mol. The summed E-state index contributed by atoms with van der Waals surface area (Å²) in [4.78, 5) is 7.02. The predicted molar refractivity (Wildman–Crippen MR) is 204 cm³/mol. The van der Waals surface area contributed by atoms with Gasteiger partial charge < -0.3 is 18.2 Å². The number of anilines is 3. The smallest absolute Gasteiger partial charge is 0.227 e. The molecule has 0 amide bonds. The summed E-state index contributed by atoms with van der Waals surface area (Å²) < 4.78 is 18.6. The largest absolute Gasteiger partial charge is 0.456 e. The van der Waals surface area contributed by atoms with Crippen molar-refractivity contribution in [3.8, 4) is 11.5 Å². The summed E-state index contributed by atoms with van der Waals surface area (Å²) >= 11 is 0. The van der Waals surface area contributed by atoms with E-state index in [1.54, 1.807) is 0 Å². The van der Waals surface area contributed by atoms with E-state index in [0.29, 0.717) is 5.89 Å². The van der Waals surface area contributed by atoms with E-state index in [4.69, 9.17) is 18.2 Å². The molecule has 0 N–H and O–H groups in total. The number of oxazole rings is 1. The molecule has 0 saturated carbocycles. The van der Waals surface area contributed by atoms with Gasteiger partial charge >= 0.3 is 0 Å². The van der Waals surface area contributed by atoms with E-state index < -0.39 is 0 Å². The maximum atomic E-state index is 6.27. The van der Waals surface area contributed by atoms with Crippen LogP contribution in [-0.2, 0) is 0 Å². The summed E-state index contributed by atoms with van der Waals surface area (Å²) in [5.74, 6) is 0.602. The van der Waals surface area contributed by atoms with Gasteiger partial charge in [-0.25, -0.2) is 4.98 Å². The van der Waals surface area contributed by atoms with Gasteiger partial charge in [0.1, 0.15) is 27.8 Å². The van der Waals surface area contributed by atoms with Gasteiger partial charge in [0.25, 0.3) is 0 Å². The Morgan fingerprint density at radius 2 is 0.880 bits per heavy atom. The van der Waals surface area contributed by atoms with Crippen LogP contribution in [-0.4, -0.2) is 4.98 Å². The molecule has 234 valence electrons. The van der Waals surface area contributed by atoms with Gasteiger partial charge in [-0.05, 0) is 119 Å². The van der Waals surface area contributed by atoms with E-state index in [2.05, 4.69) is 114 Å². The molecule has 0 fully saturated rings. The van der Waals surface area contributed by atoms with E-state index >= 15 is 0 Å². The molecule has 0 saturated heterocycles. The lowest BCUT2D eigenvalue weighted by Crippen LogP contribution is -2.09. The van der Waals surface area contributed by atoms with Gasteiger partial charge in [0.2, 0.25) is 5.89 Å². The third kappa shape index (κ3) is 4.17. The highest BCUT2D eigenvalue weighted by molar-refractivity contribution is 6.12. The lowest BCUT2D eigenvalue weighted by molar-refractivity contribution is 0.620. The van der Waals surface area contributed by atoms with Crippen molar-refractivity contribution in [2.24, 2.45) is 0 Å². The summed E-state index contributed by atoms with van der Waals surface area (Å²) in [6.45, 7) is 0. The van der Waals surface area contributed by atoms with Gasteiger partial charge in [0, 0.05) is 44.2 Å². The van der Waals surface area contributed by atoms with Crippen LogP contribution in [0.3, 0.4) is 0 Å². The van der Waals surface area contributed by atoms with Crippen LogP contribution < -0.4 is 4.90 Å². The predicted octanol–water partition coefficient (Wildman–Crippen LogP) is 13.1. The second kappa shape index (κ2) is 10.3. The number of benzene rings is 8. The number of nitrogens with zero attached hydrogens (tertiary/aromatic N) is 2. The summed E-state index contributed by atoms with van der Waals surface area (Å²) in [6.07, 6.45) is 0. The zero-order valence-electron chi connectivity index (χ0n) is 26.6. The zero-order valence-corrected chi connectivity index (χ0v) is 26.6. The summed E-state index contributed by atoms with van der Waals surface area (Å²) in [5, 5.41) is 9.03. The molecule has 0 unspecified atom stereocenters. The molecule has 0 aliphatic heterocycles. The van der Waals surface area contributed by atoms with E-state index in [0.717, 1.165) is 99.1 Å². The van der Waals surface area contributed by atoms with Gasteiger partial charge in [-0.1, -0.05) is 60.7 Å². The Morgan fingerprint density at radius 3 is 1.46 bits per heavy atom. The minimum absolute atomic E-state index is 0.602. The number of furan rings is 2. The Balaban J connectivity index is 1.08. The van der Waals surface area contributed by atoms with Gasteiger partial charge in [-0.3, -0.25) is 0 Å². The Morgan fingerprint density at radius 1 is 0.360 bits per heavy atom. The first-order valence-corrected chi connectivity index (χ1v) is 16.7. The van der Waals surface area contributed by atoms with Gasteiger partial charge in [0.15, 0.2) is 5.58 Å². The molecule has 0 radical (unpaired) electrons. The normalized spacial score (nSPS) is 12.0. The van der Waals surface area contributed by atoms with Gasteiger partial charge in [0.05, 0.1) is 0 Å². The fourth-order valence-corrected chi connectivity index (χ4v) is 7.39. The van der Waals surface area contributed by atoms with Crippen LogP contribution in [0.1, 0.15) is 0 Å². The van der Waals surface area contributed by atoms with Crippen molar-refractivity contribution in [3.05, 3.63) is 158 Å². The molecule has 0 spiro atoms. The number of hydrogen-bond donors (Lipinski definition) is 0. The maximum absolute atomic E-state index is 6.27. The first kappa shape index (κ1) is 27.1. The van der Waals surface area contributed by atoms with E-state index in [1.807, 2.05) is 48.5 Å². The van der Waals surface area contributed by atoms with Crippen molar-refractivity contribution in [1.82, 2.24) is 4.98 Å². The molecule has 11 aromatic rings. The molecule has 8 aromatic carbocycles. The second-order valence-corrected chi connectivity index (χ2v) is 12.8. The molecular formula is C45H26N2O3. The molecule has 5 heteroatoms. The van der Waals surface area contributed by atoms with E-state index in [9.17, 15) is 0 Å². The molecule has 3 heterocycles. The Labute approximate surface area is 285 Å². The Hall–Kier alpha value is -6.85. The van der Waals surface area contributed by atoms with Crippen molar-refractivity contribution in [1.29, 1.82) is 0 Å². The fourth-order valence-electron chi connectivity index (χ4n) is 7.39. The topological polar surface area (TPSA) is 55.6 Å². The highest BCUT2D eigenvalue weighted by Gasteiger charge is 2.17. The molecule has 0 atom stereocenters. The number of para-hydroxylation sites is 4. The van der Waals surface area contributed by atoms with Gasteiger partial charge in [-0.2, -0.15) is 0 Å². The van der Waals surface area contributed by atoms with E-state index in [-0.39, 0.29) is 0 Å². The summed E-state index contributed by atoms with van der Waals surface area (Å²) in [6, 6.07) is 54.7. The van der Waals surface area contributed by atoms with E-state index in [1.165, 1.54) is 0 Å². The maximum Gasteiger partial charge on any atom is 0.227 e. The average molecular weight is 643 g/mol. The summed E-state index contributed by atoms with van der Waals surface area (Å²) in [7, 11) is 0. The standard InChI is InChI=1S/C45H26N2O3/c1-4-10-40-35(7-1)37-23-28-15-19-33(21-30(28)25-43(37)48-40)47(32-17-13-27(14-18-32)45-46-39-9-3-6-12-42(39)50-45)34-20-16-29-24-38-36-8-2-5-11-41(36)49-44(38)26-31(29)22-34/h1-26H. The highest BCUT2D eigenvalue weighted by Crippen LogP contribution is 2.41. The van der Waals surface area contributed by atoms with Crippen molar-refractivity contribution in [3.63, 3.8) is 0 Å². The third-order valence-corrected chi connectivity index (χ3v) is 9.82. The van der Waals surface area contributed by atoms with Crippen molar-refractivity contribution in [2.75, 3.05) is 4.90 Å². The molecule has 0 aliphatic carbocycles. The number of aromatic nitrogens is 1. The lowest BCUT2D eigenvalue weighted by atomic mass is 10.0. The molecule has 0 bridgehead atoms. The van der Waals surface area contributed by atoms with Gasteiger partial charge in [-0.15, -0.1) is 0 Å². The molecule has 50 heavy (non-hydrogen) atoms. The number of fused-ring (bicyclic) bond motifs is 9. The summed E-state index contributed by atoms with van der Waals surface area (Å²) in [5.41, 5.74) is 9.17. The SMILES string of the molecule is c1ccc2oc(-c3ccc(N(c4ccc5cc6c(cc5c4)oc4ccccc46)c4ccc5cc6c(cc5c4)oc4ccccc46)cc3)nc2c1. The third-order valence-electron chi connectivity index (χ3n) is 9.82. The molecule has 0 aliphatic rings. The van der Waals surface area contributed by atoms with Crippen LogP contribution in [0.25, 0.3) is 88.0 Å². The number of rotatable bonds is 4. The van der Waals surface area contributed by atoms with Crippen molar-refractivity contribution in [2.45, 2.75) is 0 Å². The first-order chi connectivity index (χ1) is 24.7. The average Bonchev–Trinajstić information content (AvgIpc) is 3.86. The minimum atomic E-state index is 0.602. The van der Waals surface area contributed by atoms with Crippen LogP contribution in [0.2, 0.25) is 0 Å². The Bertz CT molecular complexity index is 2920. The molecule has 3 aromatic heterocycles. The van der Waals surface area contributed by atoms with Crippen molar-refractivity contribution >= 4 is 93.6 Å². The molecule has 5 nitrogen and oxygen atoms in total. The number of hydrogen-bond acceptors (Lipinski definition) is 5. The first-order valence-electron chi connectivity index (χ1n) is 16.7. The highest BCUT2D eigenvalue weighted by atomic mass is 16.3. The quantitative estimate of drug-likeness (QED) is 0.191. The van der Waals surface area contributed by atoms with Crippen LogP contribution in [0.4, 0.5) is 17.1 Å². The fraction of sp³-hybridized carbons (Fsp3) is 0. The minimum Gasteiger partial charge on any atom is -0.456 e. The second-order valence-electron chi connectivity index (χ2n) is 12.8. The molecule has 11 rings (SSSR count). The monoisotopic (exact) mass is 642 g/mol.